The maximum atomic E-state index is 11.8. The van der Waals surface area contributed by atoms with Crippen LogP contribution in [0.5, 0.6) is 0 Å². The van der Waals surface area contributed by atoms with Gasteiger partial charge in [-0.1, -0.05) is 28.1 Å². The molecule has 0 saturated carbocycles. The van der Waals surface area contributed by atoms with Crippen LogP contribution in [0, 0.1) is 5.92 Å². The minimum Gasteiger partial charge on any atom is -0.481 e. The van der Waals surface area contributed by atoms with E-state index < -0.39 is 11.9 Å². The molecule has 5 heteroatoms. The Morgan fingerprint density at radius 2 is 2.06 bits per heavy atom. The number of hydrogen-bond acceptors (Lipinski definition) is 2. The largest absolute Gasteiger partial charge is 0.481 e. The first-order valence-electron chi connectivity index (χ1n) is 5.81. The lowest BCUT2D eigenvalue weighted by molar-refractivity contribution is -0.149. The summed E-state index contributed by atoms with van der Waals surface area (Å²) in [6.07, 6.45) is 0.656. The number of piperidine rings is 1. The number of carboxylic acids is 1. The summed E-state index contributed by atoms with van der Waals surface area (Å²) in [4.78, 5) is 24.4. The fraction of sp³-hybridized carbons (Fsp3) is 0.385. The molecule has 2 rings (SSSR count). The van der Waals surface area contributed by atoms with Gasteiger partial charge in [-0.25, -0.2) is 0 Å². The van der Waals surface area contributed by atoms with E-state index in [1.165, 1.54) is 0 Å². The second-order valence-electron chi connectivity index (χ2n) is 4.47. The number of carboxylic acid groups (broad SMARTS) is 1. The van der Waals surface area contributed by atoms with Crippen molar-refractivity contribution in [3.05, 3.63) is 34.3 Å². The van der Waals surface area contributed by atoms with Crippen LogP contribution in [0.25, 0.3) is 0 Å². The zero-order valence-electron chi connectivity index (χ0n) is 9.80. The van der Waals surface area contributed by atoms with E-state index in [9.17, 15) is 9.59 Å². The van der Waals surface area contributed by atoms with E-state index in [1.807, 2.05) is 24.3 Å². The molecule has 1 saturated heterocycles. The topological polar surface area (TPSA) is 57.6 Å². The van der Waals surface area contributed by atoms with Crippen molar-refractivity contribution in [2.45, 2.75) is 19.4 Å². The highest BCUT2D eigenvalue weighted by Crippen LogP contribution is 2.21. The summed E-state index contributed by atoms with van der Waals surface area (Å²) >= 11 is 3.36. The van der Waals surface area contributed by atoms with Crippen LogP contribution in [0.15, 0.2) is 28.7 Å². The van der Waals surface area contributed by atoms with Crippen LogP contribution in [0.3, 0.4) is 0 Å². The molecule has 1 aromatic rings. The van der Waals surface area contributed by atoms with Gasteiger partial charge in [-0.3, -0.25) is 9.59 Å². The smallest absolute Gasteiger partial charge is 0.307 e. The molecule has 1 unspecified atom stereocenters. The van der Waals surface area contributed by atoms with Crippen LogP contribution < -0.4 is 0 Å². The number of carbonyl (C=O) groups excluding carboxylic acids is 1. The minimum absolute atomic E-state index is 0.0726. The Hall–Kier alpha value is -1.36. The van der Waals surface area contributed by atoms with Crippen molar-refractivity contribution in [2.24, 2.45) is 5.92 Å². The fourth-order valence-corrected chi connectivity index (χ4v) is 2.33. The van der Waals surface area contributed by atoms with Gasteiger partial charge in [-0.15, -0.1) is 0 Å². The molecule has 0 radical (unpaired) electrons. The average molecular weight is 312 g/mol. The molecule has 1 aliphatic rings. The van der Waals surface area contributed by atoms with Gasteiger partial charge >= 0.3 is 5.97 Å². The van der Waals surface area contributed by atoms with Crippen molar-refractivity contribution in [3.8, 4) is 0 Å². The second kappa shape index (κ2) is 5.52. The van der Waals surface area contributed by atoms with E-state index >= 15 is 0 Å². The number of amides is 1. The van der Waals surface area contributed by atoms with Crippen LogP contribution in [0.4, 0.5) is 0 Å². The van der Waals surface area contributed by atoms with Crippen molar-refractivity contribution in [1.29, 1.82) is 0 Å². The summed E-state index contributed by atoms with van der Waals surface area (Å²) in [5.41, 5.74) is 1.06. The first-order valence-corrected chi connectivity index (χ1v) is 6.60. The van der Waals surface area contributed by atoms with Crippen LogP contribution in [-0.4, -0.2) is 28.4 Å². The molecule has 0 aliphatic carbocycles. The normalized spacial score (nSPS) is 19.9. The first-order chi connectivity index (χ1) is 8.56. The van der Waals surface area contributed by atoms with E-state index in [0.717, 1.165) is 10.0 Å². The number of likely N-dealkylation sites (tertiary alicyclic amines) is 1. The standard InChI is InChI=1S/C13H14BrNO3/c14-11-3-1-9(2-4-11)8-15-6-5-10(13(17)18)7-12(15)16/h1-4,10H,5-8H2,(H,17,18). The minimum atomic E-state index is -0.869. The quantitative estimate of drug-likeness (QED) is 0.931. The third-order valence-corrected chi connectivity index (χ3v) is 3.69. The molecule has 1 aliphatic heterocycles. The van der Waals surface area contributed by atoms with Crippen LogP contribution in [0.1, 0.15) is 18.4 Å². The Balaban J connectivity index is 1.97. The lowest BCUT2D eigenvalue weighted by atomic mass is 9.96. The van der Waals surface area contributed by atoms with E-state index in [2.05, 4.69) is 15.9 Å². The molecule has 1 atom stereocenters. The molecule has 96 valence electrons. The summed E-state index contributed by atoms with van der Waals surface area (Å²) in [6, 6.07) is 7.79. The molecule has 1 heterocycles. The summed E-state index contributed by atoms with van der Waals surface area (Å²) in [7, 11) is 0. The molecule has 1 fully saturated rings. The van der Waals surface area contributed by atoms with Gasteiger partial charge in [0.15, 0.2) is 0 Å². The molecular weight excluding hydrogens is 298 g/mol. The SMILES string of the molecule is O=C(O)C1CCN(Cc2ccc(Br)cc2)C(=O)C1. The van der Waals surface area contributed by atoms with Gasteiger partial charge < -0.3 is 10.0 Å². The molecule has 1 aromatic carbocycles. The highest BCUT2D eigenvalue weighted by molar-refractivity contribution is 9.10. The van der Waals surface area contributed by atoms with Crippen LogP contribution >= 0.6 is 15.9 Å². The predicted octanol–water partition coefficient (Wildman–Crippen LogP) is 2.27. The maximum absolute atomic E-state index is 11.8. The molecule has 1 N–H and O–H groups in total. The third-order valence-electron chi connectivity index (χ3n) is 3.16. The van der Waals surface area contributed by atoms with Gasteiger partial charge in [0.2, 0.25) is 5.91 Å². The number of halogens is 1. The first kappa shape index (κ1) is 13.1. The van der Waals surface area contributed by atoms with Gasteiger partial charge in [0.05, 0.1) is 5.92 Å². The van der Waals surface area contributed by atoms with E-state index in [4.69, 9.17) is 5.11 Å². The molecule has 4 nitrogen and oxygen atoms in total. The molecule has 0 bridgehead atoms. The van der Waals surface area contributed by atoms with Gasteiger partial charge in [0.25, 0.3) is 0 Å². The number of nitrogens with zero attached hydrogens (tertiary/aromatic N) is 1. The lowest BCUT2D eigenvalue weighted by Gasteiger charge is -2.30. The van der Waals surface area contributed by atoms with Crippen LogP contribution in [-0.2, 0) is 16.1 Å². The highest BCUT2D eigenvalue weighted by atomic mass is 79.9. The Kier molecular flexibility index (Phi) is 4.01. The highest BCUT2D eigenvalue weighted by Gasteiger charge is 2.29. The van der Waals surface area contributed by atoms with Gasteiger partial charge in [-0.05, 0) is 24.1 Å². The molecule has 18 heavy (non-hydrogen) atoms. The van der Waals surface area contributed by atoms with Crippen molar-refractivity contribution in [2.75, 3.05) is 6.54 Å². The lowest BCUT2D eigenvalue weighted by Crippen LogP contribution is -2.40. The summed E-state index contributed by atoms with van der Waals surface area (Å²) in [6.45, 7) is 1.07. The summed E-state index contributed by atoms with van der Waals surface area (Å²) in [5, 5.41) is 8.89. The number of carbonyl (C=O) groups is 2. The number of rotatable bonds is 3. The number of hydrogen-bond donors (Lipinski definition) is 1. The van der Waals surface area contributed by atoms with Crippen molar-refractivity contribution in [3.63, 3.8) is 0 Å². The van der Waals surface area contributed by atoms with Crippen LogP contribution in [0.2, 0.25) is 0 Å². The van der Waals surface area contributed by atoms with E-state index in [1.54, 1.807) is 4.90 Å². The molecule has 0 aromatic heterocycles. The Morgan fingerprint density at radius 3 is 2.61 bits per heavy atom. The number of aliphatic carboxylic acids is 1. The van der Waals surface area contributed by atoms with Gasteiger partial charge in [-0.2, -0.15) is 0 Å². The zero-order chi connectivity index (χ0) is 13.1. The van der Waals surface area contributed by atoms with Gasteiger partial charge in [0, 0.05) is 24.0 Å². The monoisotopic (exact) mass is 311 g/mol. The van der Waals surface area contributed by atoms with Gasteiger partial charge in [0.1, 0.15) is 0 Å². The summed E-state index contributed by atoms with van der Waals surface area (Å²) in [5.74, 6) is -1.46. The summed E-state index contributed by atoms with van der Waals surface area (Å²) < 4.78 is 1.00. The van der Waals surface area contributed by atoms with Crippen molar-refractivity contribution in [1.82, 2.24) is 4.90 Å². The molecular formula is C13H14BrNO3. The Labute approximate surface area is 114 Å². The fourth-order valence-electron chi connectivity index (χ4n) is 2.07. The maximum Gasteiger partial charge on any atom is 0.307 e. The number of benzene rings is 1. The van der Waals surface area contributed by atoms with E-state index in [-0.39, 0.29) is 12.3 Å². The average Bonchev–Trinajstić information content (AvgIpc) is 2.34. The Morgan fingerprint density at radius 1 is 1.39 bits per heavy atom. The molecule has 0 spiro atoms. The predicted molar refractivity (Wildman–Crippen MR) is 69.9 cm³/mol. The second-order valence-corrected chi connectivity index (χ2v) is 5.39. The zero-order valence-corrected chi connectivity index (χ0v) is 11.4. The van der Waals surface area contributed by atoms with Crippen molar-refractivity contribution < 1.29 is 14.7 Å². The van der Waals surface area contributed by atoms with E-state index in [0.29, 0.717) is 19.5 Å². The Bertz CT molecular complexity index is 458. The third kappa shape index (κ3) is 3.10. The molecule has 1 amide bonds. The van der Waals surface area contributed by atoms with Crippen molar-refractivity contribution >= 4 is 27.8 Å².